The van der Waals surface area contributed by atoms with E-state index in [1.807, 2.05) is 0 Å². The molecule has 1 rings (SSSR count). The van der Waals surface area contributed by atoms with Gasteiger partial charge in [-0.1, -0.05) is 19.8 Å². The average molecular weight is 201 g/mol. The van der Waals surface area contributed by atoms with Crippen molar-refractivity contribution in [3.05, 3.63) is 0 Å². The minimum Gasteiger partial charge on any atom is -0.303 e. The molecule has 1 nitrogen and oxygen atoms in total. The third kappa shape index (κ3) is 4.37. The fraction of sp³-hybridized carbons (Fsp3) is 1.00. The van der Waals surface area contributed by atoms with Crippen LogP contribution >= 0.6 is 12.6 Å². The van der Waals surface area contributed by atoms with Crippen molar-refractivity contribution in [3.8, 4) is 0 Å². The lowest BCUT2D eigenvalue weighted by atomic mass is 9.92. The van der Waals surface area contributed by atoms with Crippen molar-refractivity contribution in [2.24, 2.45) is 5.92 Å². The third-order valence-electron chi connectivity index (χ3n) is 3.04. The van der Waals surface area contributed by atoms with E-state index in [0.29, 0.717) is 0 Å². The van der Waals surface area contributed by atoms with Crippen molar-refractivity contribution in [1.82, 2.24) is 4.90 Å². The van der Waals surface area contributed by atoms with E-state index in [1.165, 1.54) is 51.7 Å². The Balaban J connectivity index is 2.08. The van der Waals surface area contributed by atoms with Crippen molar-refractivity contribution >= 4 is 12.6 Å². The summed E-state index contributed by atoms with van der Waals surface area (Å²) < 4.78 is 0. The lowest BCUT2D eigenvalue weighted by Crippen LogP contribution is -2.34. The van der Waals surface area contributed by atoms with E-state index in [-0.39, 0.29) is 0 Å². The second-order valence-corrected chi connectivity index (χ2v) is 4.60. The Hall–Kier alpha value is 0.310. The minimum atomic E-state index is 1.03. The summed E-state index contributed by atoms with van der Waals surface area (Å²) in [4.78, 5) is 2.60. The van der Waals surface area contributed by atoms with Crippen LogP contribution in [0.4, 0.5) is 0 Å². The Morgan fingerprint density at radius 3 is 2.54 bits per heavy atom. The molecule has 0 aliphatic carbocycles. The topological polar surface area (TPSA) is 3.24 Å². The van der Waals surface area contributed by atoms with Crippen molar-refractivity contribution in [2.45, 2.75) is 39.0 Å². The number of nitrogens with zero attached hydrogens (tertiary/aromatic N) is 1. The maximum atomic E-state index is 4.24. The zero-order chi connectivity index (χ0) is 9.52. The molecule has 1 fully saturated rings. The molecule has 0 aromatic rings. The van der Waals surface area contributed by atoms with Crippen LogP contribution in [0.3, 0.4) is 0 Å². The summed E-state index contributed by atoms with van der Waals surface area (Å²) in [5, 5.41) is 0. The molecule has 13 heavy (non-hydrogen) atoms. The van der Waals surface area contributed by atoms with Crippen molar-refractivity contribution in [1.29, 1.82) is 0 Å². The molecule has 0 aromatic heterocycles. The molecule has 0 spiro atoms. The van der Waals surface area contributed by atoms with Gasteiger partial charge in [0.15, 0.2) is 0 Å². The fourth-order valence-corrected chi connectivity index (χ4v) is 2.34. The van der Waals surface area contributed by atoms with Crippen LogP contribution in [-0.4, -0.2) is 30.3 Å². The van der Waals surface area contributed by atoms with Crippen LogP contribution in [0.25, 0.3) is 0 Å². The monoisotopic (exact) mass is 201 g/mol. The van der Waals surface area contributed by atoms with E-state index < -0.39 is 0 Å². The standard InChI is InChI=1S/C11H23NS/c1-2-4-11-5-8-12(9-6-11)7-3-10-13/h11,13H,2-10H2,1H3. The van der Waals surface area contributed by atoms with Gasteiger partial charge in [0.05, 0.1) is 0 Å². The number of thiol groups is 1. The summed E-state index contributed by atoms with van der Waals surface area (Å²) in [5.74, 6) is 2.06. The summed E-state index contributed by atoms with van der Waals surface area (Å²) in [6, 6.07) is 0. The van der Waals surface area contributed by atoms with Gasteiger partial charge in [-0.25, -0.2) is 0 Å². The highest BCUT2D eigenvalue weighted by molar-refractivity contribution is 7.80. The van der Waals surface area contributed by atoms with E-state index in [1.54, 1.807) is 0 Å². The quantitative estimate of drug-likeness (QED) is 0.669. The lowest BCUT2D eigenvalue weighted by molar-refractivity contribution is 0.179. The Bertz CT molecular complexity index is 119. The van der Waals surface area contributed by atoms with E-state index in [9.17, 15) is 0 Å². The van der Waals surface area contributed by atoms with Gasteiger partial charge >= 0.3 is 0 Å². The van der Waals surface area contributed by atoms with E-state index in [2.05, 4.69) is 24.5 Å². The van der Waals surface area contributed by atoms with Gasteiger partial charge in [-0.15, -0.1) is 0 Å². The van der Waals surface area contributed by atoms with E-state index in [4.69, 9.17) is 0 Å². The highest BCUT2D eigenvalue weighted by Crippen LogP contribution is 2.21. The predicted octanol–water partition coefficient (Wildman–Crippen LogP) is 2.82. The first-order chi connectivity index (χ1) is 6.36. The van der Waals surface area contributed by atoms with Gasteiger partial charge in [-0.3, -0.25) is 0 Å². The molecule has 0 radical (unpaired) electrons. The Labute approximate surface area is 88.3 Å². The van der Waals surface area contributed by atoms with E-state index >= 15 is 0 Å². The molecule has 0 unspecified atom stereocenters. The van der Waals surface area contributed by atoms with Gasteiger partial charge in [0.1, 0.15) is 0 Å². The van der Waals surface area contributed by atoms with Crippen molar-refractivity contribution in [3.63, 3.8) is 0 Å². The molecule has 0 amide bonds. The van der Waals surface area contributed by atoms with Crippen LogP contribution in [0.5, 0.6) is 0 Å². The second-order valence-electron chi connectivity index (χ2n) is 4.15. The first kappa shape index (κ1) is 11.4. The van der Waals surface area contributed by atoms with Crippen LogP contribution in [0.15, 0.2) is 0 Å². The number of rotatable bonds is 5. The molecular weight excluding hydrogens is 178 g/mol. The van der Waals surface area contributed by atoms with Crippen LogP contribution in [-0.2, 0) is 0 Å². The number of piperidine rings is 1. The van der Waals surface area contributed by atoms with Crippen LogP contribution in [0.1, 0.15) is 39.0 Å². The number of likely N-dealkylation sites (tertiary alicyclic amines) is 1. The summed E-state index contributed by atoms with van der Waals surface area (Å²) in [6.07, 6.45) is 6.92. The number of hydrogen-bond acceptors (Lipinski definition) is 2. The van der Waals surface area contributed by atoms with Crippen LogP contribution in [0, 0.1) is 5.92 Å². The Kier molecular flexibility index (Phi) is 5.88. The maximum absolute atomic E-state index is 4.24. The molecular formula is C11H23NS. The van der Waals surface area contributed by atoms with Gasteiger partial charge in [-0.05, 0) is 50.6 Å². The summed E-state index contributed by atoms with van der Waals surface area (Å²) >= 11 is 4.24. The first-order valence-corrected chi connectivity index (χ1v) is 6.33. The highest BCUT2D eigenvalue weighted by Gasteiger charge is 2.17. The fourth-order valence-electron chi connectivity index (χ4n) is 2.20. The summed E-state index contributed by atoms with van der Waals surface area (Å²) in [7, 11) is 0. The molecule has 0 aromatic carbocycles. The molecule has 0 saturated carbocycles. The summed E-state index contributed by atoms with van der Waals surface area (Å²) in [6.45, 7) is 6.23. The van der Waals surface area contributed by atoms with Gasteiger partial charge in [0, 0.05) is 0 Å². The van der Waals surface area contributed by atoms with Crippen LogP contribution < -0.4 is 0 Å². The largest absolute Gasteiger partial charge is 0.303 e. The van der Waals surface area contributed by atoms with Gasteiger partial charge < -0.3 is 4.90 Å². The molecule has 1 aliphatic heterocycles. The molecule has 1 heterocycles. The average Bonchev–Trinajstić information content (AvgIpc) is 2.17. The van der Waals surface area contributed by atoms with Gasteiger partial charge in [0.25, 0.3) is 0 Å². The molecule has 2 heteroatoms. The van der Waals surface area contributed by atoms with Crippen molar-refractivity contribution in [2.75, 3.05) is 25.4 Å². The highest BCUT2D eigenvalue weighted by atomic mass is 32.1. The Morgan fingerprint density at radius 2 is 2.00 bits per heavy atom. The number of hydrogen-bond donors (Lipinski definition) is 1. The summed E-state index contributed by atoms with van der Waals surface area (Å²) in [5.41, 5.74) is 0. The smallest absolute Gasteiger partial charge is 0.00110 e. The molecule has 0 atom stereocenters. The van der Waals surface area contributed by atoms with E-state index in [0.717, 1.165) is 11.7 Å². The molecule has 0 bridgehead atoms. The molecule has 78 valence electrons. The maximum Gasteiger partial charge on any atom is -0.00110 e. The third-order valence-corrected chi connectivity index (χ3v) is 3.35. The molecule has 1 saturated heterocycles. The SMILES string of the molecule is CCCC1CCN(CCCS)CC1. The van der Waals surface area contributed by atoms with Crippen LogP contribution in [0.2, 0.25) is 0 Å². The first-order valence-electron chi connectivity index (χ1n) is 5.70. The predicted molar refractivity (Wildman–Crippen MR) is 62.5 cm³/mol. The zero-order valence-electron chi connectivity index (χ0n) is 8.84. The normalized spacial score (nSPS) is 20.8. The van der Waals surface area contributed by atoms with Crippen molar-refractivity contribution < 1.29 is 0 Å². The minimum absolute atomic E-state index is 1.03. The van der Waals surface area contributed by atoms with Gasteiger partial charge in [-0.2, -0.15) is 12.6 Å². The zero-order valence-corrected chi connectivity index (χ0v) is 9.73. The van der Waals surface area contributed by atoms with Gasteiger partial charge in [0.2, 0.25) is 0 Å². The molecule has 0 N–H and O–H groups in total. The molecule has 1 aliphatic rings. The second kappa shape index (κ2) is 6.72. The Morgan fingerprint density at radius 1 is 1.31 bits per heavy atom. The lowest BCUT2D eigenvalue weighted by Gasteiger charge is -2.31.